The fourth-order valence-electron chi connectivity index (χ4n) is 3.81. The second-order valence-corrected chi connectivity index (χ2v) is 7.28. The van der Waals surface area contributed by atoms with Crippen LogP contribution < -0.4 is 0 Å². The van der Waals surface area contributed by atoms with Crippen LogP contribution in [0.25, 0.3) is 16.8 Å². The fraction of sp³-hybridized carbons (Fsp3) is 0.227. The molecule has 1 atom stereocenters. The molecule has 0 N–H and O–H groups in total. The maximum atomic E-state index is 13.1. The Hall–Kier alpha value is -3.12. The minimum atomic E-state index is -0.192. The number of halogens is 1. The first-order chi connectivity index (χ1) is 13.7. The van der Waals surface area contributed by atoms with Gasteiger partial charge in [-0.15, -0.1) is 0 Å². The van der Waals surface area contributed by atoms with Crippen molar-refractivity contribution in [2.75, 3.05) is 13.1 Å². The van der Waals surface area contributed by atoms with E-state index in [0.717, 1.165) is 54.2 Å². The molecule has 1 aromatic carbocycles. The summed E-state index contributed by atoms with van der Waals surface area (Å²) in [6, 6.07) is 14.8. The van der Waals surface area contributed by atoms with Gasteiger partial charge in [-0.3, -0.25) is 9.88 Å². The Labute approximate surface area is 162 Å². The van der Waals surface area contributed by atoms with Gasteiger partial charge in [-0.05, 0) is 48.9 Å². The van der Waals surface area contributed by atoms with Crippen molar-refractivity contribution < 1.29 is 4.39 Å². The monoisotopic (exact) mass is 373 g/mol. The van der Waals surface area contributed by atoms with Crippen molar-refractivity contribution in [2.24, 2.45) is 0 Å². The quantitative estimate of drug-likeness (QED) is 0.544. The topological polar surface area (TPSA) is 46.3 Å². The van der Waals surface area contributed by atoms with E-state index >= 15 is 0 Å². The van der Waals surface area contributed by atoms with Crippen molar-refractivity contribution in [1.29, 1.82) is 0 Å². The Morgan fingerprint density at radius 1 is 1.04 bits per heavy atom. The third kappa shape index (κ3) is 3.39. The van der Waals surface area contributed by atoms with Crippen molar-refractivity contribution in [2.45, 2.75) is 18.9 Å². The Morgan fingerprint density at radius 2 is 1.93 bits per heavy atom. The van der Waals surface area contributed by atoms with E-state index < -0.39 is 0 Å². The summed E-state index contributed by atoms with van der Waals surface area (Å²) >= 11 is 0. The summed E-state index contributed by atoms with van der Waals surface area (Å²) in [5, 5.41) is 4.74. The van der Waals surface area contributed by atoms with Gasteiger partial charge in [0.1, 0.15) is 5.82 Å². The van der Waals surface area contributed by atoms with E-state index in [-0.39, 0.29) is 5.82 Å². The molecular weight excluding hydrogens is 353 g/mol. The van der Waals surface area contributed by atoms with Gasteiger partial charge in [0, 0.05) is 48.7 Å². The van der Waals surface area contributed by atoms with Gasteiger partial charge in [0.25, 0.3) is 0 Å². The van der Waals surface area contributed by atoms with Crippen molar-refractivity contribution in [3.63, 3.8) is 0 Å². The van der Waals surface area contributed by atoms with Crippen molar-refractivity contribution in [3.05, 3.63) is 84.3 Å². The Bertz CT molecular complexity index is 1090. The lowest BCUT2D eigenvalue weighted by Crippen LogP contribution is -2.20. The molecule has 1 unspecified atom stereocenters. The van der Waals surface area contributed by atoms with Gasteiger partial charge in [-0.2, -0.15) is 5.10 Å². The largest absolute Gasteiger partial charge is 0.298 e. The molecule has 5 rings (SSSR count). The number of fused-ring (bicyclic) bond motifs is 1. The van der Waals surface area contributed by atoms with Crippen LogP contribution in [0.4, 0.5) is 4.39 Å². The number of hydrogen-bond donors (Lipinski definition) is 0. The van der Waals surface area contributed by atoms with E-state index in [2.05, 4.69) is 16.0 Å². The lowest BCUT2D eigenvalue weighted by molar-refractivity contribution is 0.325. The standard InChI is InChI=1S/C22H20FN5/c23-20-6-3-16(4-7-20)13-27-11-9-19(14-27)22-25-21-8-5-18(15-28(21)26-22)17-2-1-10-24-12-17/h1-8,10,12,15,19H,9,11,13-14H2. The summed E-state index contributed by atoms with van der Waals surface area (Å²) in [5.41, 5.74) is 4.12. The highest BCUT2D eigenvalue weighted by molar-refractivity contribution is 5.63. The smallest absolute Gasteiger partial charge is 0.156 e. The SMILES string of the molecule is Fc1ccc(CN2CCC(c3nc4ccc(-c5cccnc5)cn4n3)C2)cc1. The van der Waals surface area contributed by atoms with Gasteiger partial charge in [0.15, 0.2) is 11.5 Å². The Morgan fingerprint density at radius 3 is 2.75 bits per heavy atom. The van der Waals surface area contributed by atoms with Crippen LogP contribution in [-0.2, 0) is 6.54 Å². The zero-order valence-electron chi connectivity index (χ0n) is 15.4. The van der Waals surface area contributed by atoms with Crippen LogP contribution in [-0.4, -0.2) is 37.6 Å². The van der Waals surface area contributed by atoms with Crippen LogP contribution in [0.1, 0.15) is 23.7 Å². The molecular formula is C22H20FN5. The molecule has 4 aromatic rings. The third-order valence-corrected chi connectivity index (χ3v) is 5.30. The van der Waals surface area contributed by atoms with Crippen LogP contribution in [0.2, 0.25) is 0 Å². The van der Waals surface area contributed by atoms with E-state index in [1.807, 2.05) is 47.2 Å². The number of benzene rings is 1. The summed E-state index contributed by atoms with van der Waals surface area (Å²) < 4.78 is 14.9. The molecule has 140 valence electrons. The molecule has 4 heterocycles. The first kappa shape index (κ1) is 17.0. The molecule has 0 aliphatic carbocycles. The molecule has 5 nitrogen and oxygen atoms in total. The lowest BCUT2D eigenvalue weighted by Gasteiger charge is -2.15. The van der Waals surface area contributed by atoms with E-state index in [1.54, 1.807) is 6.20 Å². The summed E-state index contributed by atoms with van der Waals surface area (Å²) in [6.45, 7) is 2.75. The predicted octanol–water partition coefficient (Wildman–Crippen LogP) is 3.92. The molecule has 1 saturated heterocycles. The highest BCUT2D eigenvalue weighted by Gasteiger charge is 2.27. The second-order valence-electron chi connectivity index (χ2n) is 7.28. The maximum absolute atomic E-state index is 13.1. The molecule has 1 fully saturated rings. The van der Waals surface area contributed by atoms with Gasteiger partial charge in [-0.1, -0.05) is 18.2 Å². The van der Waals surface area contributed by atoms with Crippen LogP contribution in [0.3, 0.4) is 0 Å². The molecule has 3 aromatic heterocycles. The van der Waals surface area contributed by atoms with Crippen molar-refractivity contribution in [3.8, 4) is 11.1 Å². The molecule has 28 heavy (non-hydrogen) atoms. The summed E-state index contributed by atoms with van der Waals surface area (Å²) in [4.78, 5) is 11.3. The predicted molar refractivity (Wildman–Crippen MR) is 105 cm³/mol. The molecule has 0 bridgehead atoms. The number of likely N-dealkylation sites (tertiary alicyclic amines) is 1. The summed E-state index contributed by atoms with van der Waals surface area (Å²) in [7, 11) is 0. The zero-order valence-corrected chi connectivity index (χ0v) is 15.4. The van der Waals surface area contributed by atoms with Gasteiger partial charge in [0.2, 0.25) is 0 Å². The van der Waals surface area contributed by atoms with E-state index in [4.69, 9.17) is 10.1 Å². The Balaban J connectivity index is 1.33. The van der Waals surface area contributed by atoms with Gasteiger partial charge < -0.3 is 0 Å². The highest BCUT2D eigenvalue weighted by Crippen LogP contribution is 2.27. The zero-order chi connectivity index (χ0) is 18.9. The molecule has 0 spiro atoms. The number of pyridine rings is 2. The lowest BCUT2D eigenvalue weighted by atomic mass is 10.1. The minimum Gasteiger partial charge on any atom is -0.298 e. The average Bonchev–Trinajstić information content (AvgIpc) is 3.36. The average molecular weight is 373 g/mol. The molecule has 1 aliphatic heterocycles. The van der Waals surface area contributed by atoms with Crippen molar-refractivity contribution >= 4 is 5.65 Å². The number of rotatable bonds is 4. The first-order valence-corrected chi connectivity index (χ1v) is 9.48. The van der Waals surface area contributed by atoms with Crippen LogP contribution >= 0.6 is 0 Å². The van der Waals surface area contributed by atoms with Crippen LogP contribution in [0.5, 0.6) is 0 Å². The fourth-order valence-corrected chi connectivity index (χ4v) is 3.81. The minimum absolute atomic E-state index is 0.192. The Kier molecular flexibility index (Phi) is 4.33. The van der Waals surface area contributed by atoms with E-state index in [1.165, 1.54) is 12.1 Å². The number of hydrogen-bond acceptors (Lipinski definition) is 4. The van der Waals surface area contributed by atoms with Gasteiger partial charge >= 0.3 is 0 Å². The first-order valence-electron chi connectivity index (χ1n) is 9.48. The van der Waals surface area contributed by atoms with Crippen LogP contribution in [0, 0.1) is 5.82 Å². The van der Waals surface area contributed by atoms with Gasteiger partial charge in [0.05, 0.1) is 0 Å². The van der Waals surface area contributed by atoms with E-state index in [9.17, 15) is 4.39 Å². The molecule has 0 saturated carbocycles. The molecule has 1 aliphatic rings. The maximum Gasteiger partial charge on any atom is 0.156 e. The summed E-state index contributed by atoms with van der Waals surface area (Å²) in [5.74, 6) is 1.02. The summed E-state index contributed by atoms with van der Waals surface area (Å²) in [6.07, 6.45) is 6.66. The number of nitrogens with zero attached hydrogens (tertiary/aromatic N) is 5. The van der Waals surface area contributed by atoms with Gasteiger partial charge in [-0.25, -0.2) is 13.9 Å². The van der Waals surface area contributed by atoms with Crippen LogP contribution in [0.15, 0.2) is 67.1 Å². The van der Waals surface area contributed by atoms with E-state index in [0.29, 0.717) is 5.92 Å². The van der Waals surface area contributed by atoms with Crippen molar-refractivity contribution in [1.82, 2.24) is 24.5 Å². The molecule has 0 amide bonds. The second kappa shape index (κ2) is 7.13. The third-order valence-electron chi connectivity index (χ3n) is 5.30. The molecule has 0 radical (unpaired) electrons. The normalized spacial score (nSPS) is 17.4. The number of aromatic nitrogens is 4. The highest BCUT2D eigenvalue weighted by atomic mass is 19.1. The molecule has 6 heteroatoms.